The molecule has 0 radical (unpaired) electrons. The Morgan fingerprint density at radius 1 is 1.18 bits per heavy atom. The standard InChI is InChI=1S/C13H26N2OS/c1-8-10(11(16)14-13(5,6)7)15-17-9-12(2,3)4/h8-9H2,1-7H3,(H,14,16). The highest BCUT2D eigenvalue weighted by Gasteiger charge is 2.18. The zero-order valence-electron chi connectivity index (χ0n) is 12.2. The van der Waals surface area contributed by atoms with E-state index in [-0.39, 0.29) is 16.9 Å². The molecule has 0 rings (SSSR count). The second-order valence-electron chi connectivity index (χ2n) is 6.43. The molecule has 1 amide bonds. The molecule has 0 aliphatic heterocycles. The van der Waals surface area contributed by atoms with E-state index in [9.17, 15) is 4.79 Å². The van der Waals surface area contributed by atoms with Gasteiger partial charge in [-0.05, 0) is 44.6 Å². The molecule has 0 saturated heterocycles. The van der Waals surface area contributed by atoms with E-state index in [1.807, 2.05) is 27.7 Å². The van der Waals surface area contributed by atoms with E-state index in [1.54, 1.807) is 0 Å². The molecule has 0 fully saturated rings. The van der Waals surface area contributed by atoms with E-state index in [4.69, 9.17) is 0 Å². The van der Waals surface area contributed by atoms with Gasteiger partial charge in [-0.1, -0.05) is 27.7 Å². The van der Waals surface area contributed by atoms with Gasteiger partial charge in [0.2, 0.25) is 0 Å². The predicted octanol–water partition coefficient (Wildman–Crippen LogP) is 3.45. The summed E-state index contributed by atoms with van der Waals surface area (Å²) in [6, 6.07) is 0. The maximum absolute atomic E-state index is 11.9. The minimum atomic E-state index is -0.207. The van der Waals surface area contributed by atoms with E-state index in [1.165, 1.54) is 11.9 Å². The summed E-state index contributed by atoms with van der Waals surface area (Å²) in [4.78, 5) is 11.9. The van der Waals surface area contributed by atoms with Gasteiger partial charge in [0.05, 0.1) is 0 Å². The Balaban J connectivity index is 4.41. The monoisotopic (exact) mass is 258 g/mol. The van der Waals surface area contributed by atoms with Gasteiger partial charge in [0.1, 0.15) is 5.71 Å². The summed E-state index contributed by atoms with van der Waals surface area (Å²) in [6.07, 6.45) is 0.666. The normalized spacial score (nSPS) is 13.7. The molecule has 1 N–H and O–H groups in total. The van der Waals surface area contributed by atoms with Gasteiger partial charge in [0.15, 0.2) is 0 Å². The van der Waals surface area contributed by atoms with Gasteiger partial charge in [-0.3, -0.25) is 4.79 Å². The summed E-state index contributed by atoms with van der Waals surface area (Å²) in [5.74, 6) is 0.862. The fraction of sp³-hybridized carbons (Fsp3) is 0.846. The number of hydrogen-bond donors (Lipinski definition) is 1. The first kappa shape index (κ1) is 16.5. The molecule has 0 bridgehead atoms. The molecule has 17 heavy (non-hydrogen) atoms. The summed E-state index contributed by atoms with van der Waals surface area (Å²) >= 11 is 1.47. The summed E-state index contributed by atoms with van der Waals surface area (Å²) in [6.45, 7) is 14.4. The lowest BCUT2D eigenvalue weighted by Gasteiger charge is -2.21. The lowest BCUT2D eigenvalue weighted by Crippen LogP contribution is -2.44. The number of nitrogens with zero attached hydrogens (tertiary/aromatic N) is 1. The van der Waals surface area contributed by atoms with Gasteiger partial charge >= 0.3 is 0 Å². The minimum Gasteiger partial charge on any atom is -0.346 e. The van der Waals surface area contributed by atoms with Crippen molar-refractivity contribution in [1.82, 2.24) is 5.32 Å². The molecule has 0 unspecified atom stereocenters. The van der Waals surface area contributed by atoms with Crippen LogP contribution in [0.4, 0.5) is 0 Å². The number of hydrogen-bond acceptors (Lipinski definition) is 3. The van der Waals surface area contributed by atoms with Gasteiger partial charge in [-0.15, -0.1) is 0 Å². The Morgan fingerprint density at radius 2 is 1.71 bits per heavy atom. The SMILES string of the molecule is CCC(=NSCC(C)(C)C)C(=O)NC(C)(C)C. The van der Waals surface area contributed by atoms with Gasteiger partial charge in [0.25, 0.3) is 5.91 Å². The first-order chi connectivity index (χ1) is 7.55. The van der Waals surface area contributed by atoms with Crippen molar-refractivity contribution in [3.63, 3.8) is 0 Å². The quantitative estimate of drug-likeness (QED) is 0.620. The third-order valence-electron chi connectivity index (χ3n) is 1.76. The third-order valence-corrected chi connectivity index (χ3v) is 3.10. The van der Waals surface area contributed by atoms with Crippen molar-refractivity contribution in [1.29, 1.82) is 0 Å². The molecule has 0 spiro atoms. The molecule has 0 heterocycles. The lowest BCUT2D eigenvalue weighted by molar-refractivity contribution is -0.116. The molecule has 100 valence electrons. The Kier molecular flexibility index (Phi) is 6.24. The van der Waals surface area contributed by atoms with Crippen LogP contribution in [0.25, 0.3) is 0 Å². The number of rotatable bonds is 4. The fourth-order valence-electron chi connectivity index (χ4n) is 0.983. The van der Waals surface area contributed by atoms with Crippen molar-refractivity contribution >= 4 is 23.6 Å². The molecular formula is C13H26N2OS. The second kappa shape index (κ2) is 6.43. The summed E-state index contributed by atoms with van der Waals surface area (Å²) in [5.41, 5.74) is 0.643. The van der Waals surface area contributed by atoms with Crippen LogP contribution in [-0.4, -0.2) is 22.9 Å². The molecule has 0 aromatic carbocycles. The van der Waals surface area contributed by atoms with Gasteiger partial charge in [-0.2, -0.15) is 0 Å². The van der Waals surface area contributed by atoms with Crippen molar-refractivity contribution in [2.24, 2.45) is 9.81 Å². The van der Waals surface area contributed by atoms with Crippen LogP contribution in [0.15, 0.2) is 4.40 Å². The highest BCUT2D eigenvalue weighted by molar-refractivity contribution is 7.98. The molecule has 0 aliphatic carbocycles. The number of carbonyl (C=O) groups excluding carboxylic acids is 1. The largest absolute Gasteiger partial charge is 0.346 e. The molecule has 3 nitrogen and oxygen atoms in total. The number of amides is 1. The average Bonchev–Trinajstić information content (AvgIpc) is 2.07. The maximum Gasteiger partial charge on any atom is 0.266 e. The highest BCUT2D eigenvalue weighted by atomic mass is 32.2. The van der Waals surface area contributed by atoms with Crippen molar-refractivity contribution in [3.05, 3.63) is 0 Å². The Labute approximate surface area is 110 Å². The Bertz CT molecular complexity index is 285. The summed E-state index contributed by atoms with van der Waals surface area (Å²) < 4.78 is 4.33. The summed E-state index contributed by atoms with van der Waals surface area (Å²) in [5, 5.41) is 2.93. The molecular weight excluding hydrogens is 232 g/mol. The topological polar surface area (TPSA) is 41.5 Å². The van der Waals surface area contributed by atoms with Crippen molar-refractivity contribution in [3.8, 4) is 0 Å². The zero-order valence-corrected chi connectivity index (χ0v) is 13.0. The fourth-order valence-corrected chi connectivity index (χ4v) is 1.80. The van der Waals surface area contributed by atoms with Gasteiger partial charge in [0, 0.05) is 11.3 Å². The van der Waals surface area contributed by atoms with E-state index >= 15 is 0 Å². The van der Waals surface area contributed by atoms with Crippen LogP contribution in [0.2, 0.25) is 0 Å². The first-order valence-electron chi connectivity index (χ1n) is 6.06. The molecule has 0 aromatic heterocycles. The van der Waals surface area contributed by atoms with Crippen LogP contribution in [0.5, 0.6) is 0 Å². The molecule has 0 aromatic rings. The molecule has 0 atom stereocenters. The smallest absolute Gasteiger partial charge is 0.266 e. The third kappa shape index (κ3) is 9.22. The first-order valence-corrected chi connectivity index (χ1v) is 7.01. The number of carbonyl (C=O) groups is 1. The van der Waals surface area contributed by atoms with Crippen molar-refractivity contribution in [2.75, 3.05) is 5.75 Å². The van der Waals surface area contributed by atoms with Gasteiger partial charge in [-0.25, -0.2) is 4.40 Å². The van der Waals surface area contributed by atoms with Crippen LogP contribution in [0.3, 0.4) is 0 Å². The van der Waals surface area contributed by atoms with Crippen LogP contribution >= 0.6 is 11.9 Å². The van der Waals surface area contributed by atoms with E-state index in [2.05, 4.69) is 30.5 Å². The van der Waals surface area contributed by atoms with Crippen molar-refractivity contribution in [2.45, 2.75) is 60.4 Å². The van der Waals surface area contributed by atoms with E-state index in [0.29, 0.717) is 12.1 Å². The second-order valence-corrected chi connectivity index (χ2v) is 7.16. The maximum atomic E-state index is 11.9. The Morgan fingerprint density at radius 3 is 2.06 bits per heavy atom. The average molecular weight is 258 g/mol. The van der Waals surface area contributed by atoms with E-state index in [0.717, 1.165) is 5.75 Å². The minimum absolute atomic E-state index is 0.0543. The predicted molar refractivity (Wildman–Crippen MR) is 77.5 cm³/mol. The van der Waals surface area contributed by atoms with Gasteiger partial charge < -0.3 is 5.32 Å². The van der Waals surface area contributed by atoms with Crippen LogP contribution < -0.4 is 5.32 Å². The van der Waals surface area contributed by atoms with E-state index < -0.39 is 0 Å². The molecule has 0 saturated carbocycles. The highest BCUT2D eigenvalue weighted by Crippen LogP contribution is 2.21. The van der Waals surface area contributed by atoms with Crippen molar-refractivity contribution < 1.29 is 4.79 Å². The molecule has 0 aliphatic rings. The van der Waals surface area contributed by atoms with Crippen LogP contribution in [0.1, 0.15) is 54.9 Å². The summed E-state index contributed by atoms with van der Waals surface area (Å²) in [7, 11) is 0. The Hall–Kier alpha value is -0.510. The molecule has 4 heteroatoms. The van der Waals surface area contributed by atoms with Crippen LogP contribution in [-0.2, 0) is 4.79 Å². The number of nitrogens with one attached hydrogen (secondary N) is 1. The lowest BCUT2D eigenvalue weighted by atomic mass is 10.0. The van der Waals surface area contributed by atoms with Crippen LogP contribution in [0, 0.1) is 5.41 Å². The zero-order chi connectivity index (χ0) is 13.7.